The highest BCUT2D eigenvalue weighted by atomic mass is 16.5. The Bertz CT molecular complexity index is 356. The monoisotopic (exact) mass is 265 g/mol. The van der Waals surface area contributed by atoms with Crippen molar-refractivity contribution >= 4 is 0 Å². The molecule has 0 atom stereocenters. The van der Waals surface area contributed by atoms with E-state index < -0.39 is 0 Å². The topological polar surface area (TPSA) is 12.5 Å². The average molecular weight is 265 g/mol. The summed E-state index contributed by atoms with van der Waals surface area (Å²) in [5, 5.41) is 0. The van der Waals surface area contributed by atoms with Crippen molar-refractivity contribution in [3.8, 4) is 0 Å². The molecule has 0 N–H and O–H groups in total. The van der Waals surface area contributed by atoms with Crippen molar-refractivity contribution in [3.05, 3.63) is 87.1 Å². The number of ether oxygens (including phenoxy) is 1. The molecule has 0 amide bonds. The fourth-order valence-corrected chi connectivity index (χ4v) is 2.54. The lowest BCUT2D eigenvalue weighted by Gasteiger charge is -2.34. The first-order valence-corrected chi connectivity index (χ1v) is 7.02. The molecular weight excluding hydrogens is 246 g/mol. The summed E-state index contributed by atoms with van der Waals surface area (Å²) in [4.78, 5) is 2.38. The normalized spacial score (nSPS) is 26.4. The highest BCUT2D eigenvalue weighted by Crippen LogP contribution is 2.36. The predicted molar refractivity (Wildman–Crippen MR) is 80.5 cm³/mol. The molecule has 3 aliphatic rings. The predicted octanol–water partition coefficient (Wildman–Crippen LogP) is 2.57. The van der Waals surface area contributed by atoms with E-state index in [1.807, 2.05) is 12.8 Å². The summed E-state index contributed by atoms with van der Waals surface area (Å²) >= 11 is 0. The summed E-state index contributed by atoms with van der Waals surface area (Å²) in [6.45, 7) is 7.66. The molecule has 3 rings (SSSR count). The second kappa shape index (κ2) is 6.80. The minimum absolute atomic E-state index is 0.793. The molecule has 0 unspecified atom stereocenters. The first-order chi connectivity index (χ1) is 9.84. The highest BCUT2D eigenvalue weighted by Gasteiger charge is 2.27. The van der Waals surface area contributed by atoms with E-state index >= 15 is 0 Å². The van der Waals surface area contributed by atoms with Crippen LogP contribution >= 0.6 is 0 Å². The quantitative estimate of drug-likeness (QED) is 0.724. The van der Waals surface area contributed by atoms with Crippen LogP contribution in [0.2, 0.25) is 0 Å². The number of morpholine rings is 1. The van der Waals surface area contributed by atoms with Crippen LogP contribution in [0.4, 0.5) is 0 Å². The third-order valence-electron chi connectivity index (χ3n) is 3.65. The molecule has 0 spiro atoms. The summed E-state index contributed by atoms with van der Waals surface area (Å²) in [5.41, 5.74) is 2.29. The van der Waals surface area contributed by atoms with Gasteiger partial charge in [-0.1, -0.05) is 6.58 Å². The van der Waals surface area contributed by atoms with Crippen LogP contribution in [0.1, 0.15) is 0 Å². The number of rotatable bonds is 4. The molecule has 0 bridgehead atoms. The van der Waals surface area contributed by atoms with Crippen molar-refractivity contribution in [3.63, 3.8) is 0 Å². The lowest BCUT2D eigenvalue weighted by atomic mass is 9.93. The fraction of sp³-hybridized carbons (Fsp3) is 0.222. The Labute approximate surface area is 123 Å². The van der Waals surface area contributed by atoms with Crippen molar-refractivity contribution in [1.29, 1.82) is 0 Å². The van der Waals surface area contributed by atoms with E-state index in [2.05, 4.69) is 56.1 Å². The lowest BCUT2D eigenvalue weighted by Crippen LogP contribution is -2.37. The molecule has 2 aliphatic carbocycles. The van der Waals surface area contributed by atoms with Crippen molar-refractivity contribution < 1.29 is 4.74 Å². The van der Waals surface area contributed by atoms with Crippen LogP contribution in [0.5, 0.6) is 0 Å². The first-order valence-electron chi connectivity index (χ1n) is 7.02. The zero-order chi connectivity index (χ0) is 13.8. The van der Waals surface area contributed by atoms with E-state index in [0.29, 0.717) is 0 Å². The Kier molecular flexibility index (Phi) is 4.82. The van der Waals surface area contributed by atoms with Gasteiger partial charge in [0.1, 0.15) is 0 Å². The highest BCUT2D eigenvalue weighted by molar-refractivity contribution is 5.55. The minimum Gasteiger partial charge on any atom is -0.378 e. The SMILES string of the molecule is C=C(/C=C(\[C]1[CH][CH][CH][CH]1)N1CCOCC1)[C]1[CH][CH][CH][CH]1. The second-order valence-corrected chi connectivity index (χ2v) is 5.00. The largest absolute Gasteiger partial charge is 0.378 e. The van der Waals surface area contributed by atoms with Crippen molar-refractivity contribution in [2.75, 3.05) is 26.3 Å². The van der Waals surface area contributed by atoms with Gasteiger partial charge in [-0.25, -0.2) is 0 Å². The number of allylic oxidation sites excluding steroid dienone is 3. The van der Waals surface area contributed by atoms with Crippen molar-refractivity contribution in [2.45, 2.75) is 0 Å². The second-order valence-electron chi connectivity index (χ2n) is 5.00. The Balaban J connectivity index is 1.74. The summed E-state index contributed by atoms with van der Waals surface area (Å²) < 4.78 is 5.45. The average Bonchev–Trinajstić information content (AvgIpc) is 3.18. The van der Waals surface area contributed by atoms with E-state index in [4.69, 9.17) is 4.74 Å². The maximum atomic E-state index is 5.45. The van der Waals surface area contributed by atoms with Crippen LogP contribution in [0, 0.1) is 63.2 Å². The van der Waals surface area contributed by atoms with E-state index in [1.165, 1.54) is 17.5 Å². The van der Waals surface area contributed by atoms with E-state index in [9.17, 15) is 0 Å². The molecule has 2 nitrogen and oxygen atoms in total. The molecular formula is C18H19NO. The van der Waals surface area contributed by atoms with Crippen LogP contribution in [-0.2, 0) is 4.74 Å². The summed E-state index contributed by atoms with van der Waals surface area (Å²) in [6.07, 6.45) is 18.9. The summed E-state index contributed by atoms with van der Waals surface area (Å²) in [7, 11) is 0. The standard InChI is InChI=1S/C18H19NO/c1-15(16-6-2-3-7-16)14-18(17-8-4-5-9-17)19-10-12-20-13-11-19/h2-9,14H,1,10-13H2/b18-14+. The lowest BCUT2D eigenvalue weighted by molar-refractivity contribution is 0.0539. The molecule has 20 heavy (non-hydrogen) atoms. The van der Waals surface area contributed by atoms with Gasteiger partial charge in [-0.2, -0.15) is 0 Å². The smallest absolute Gasteiger partial charge is 0.0642 e. The van der Waals surface area contributed by atoms with Crippen LogP contribution in [0.3, 0.4) is 0 Å². The van der Waals surface area contributed by atoms with Gasteiger partial charge < -0.3 is 9.64 Å². The third kappa shape index (κ3) is 3.28. The number of hydrogen-bond donors (Lipinski definition) is 0. The Morgan fingerprint density at radius 1 is 0.950 bits per heavy atom. The molecule has 3 fully saturated rings. The molecule has 10 radical (unpaired) electrons. The van der Waals surface area contributed by atoms with E-state index in [0.717, 1.165) is 31.9 Å². The molecule has 2 saturated carbocycles. The molecule has 1 heterocycles. The third-order valence-corrected chi connectivity index (χ3v) is 3.65. The van der Waals surface area contributed by atoms with Crippen molar-refractivity contribution in [2.24, 2.45) is 0 Å². The molecule has 0 aromatic carbocycles. The van der Waals surface area contributed by atoms with Gasteiger partial charge in [0.25, 0.3) is 0 Å². The van der Waals surface area contributed by atoms with Crippen molar-refractivity contribution in [1.82, 2.24) is 4.90 Å². The van der Waals surface area contributed by atoms with Crippen LogP contribution in [0.25, 0.3) is 0 Å². The van der Waals surface area contributed by atoms with E-state index in [-0.39, 0.29) is 0 Å². The van der Waals surface area contributed by atoms with Gasteiger partial charge >= 0.3 is 0 Å². The first kappa shape index (κ1) is 14.2. The fourth-order valence-electron chi connectivity index (χ4n) is 2.54. The molecule has 2 heteroatoms. The molecule has 0 aromatic rings. The van der Waals surface area contributed by atoms with Gasteiger partial charge in [-0.15, -0.1) is 0 Å². The Morgan fingerprint density at radius 3 is 2.10 bits per heavy atom. The zero-order valence-corrected chi connectivity index (χ0v) is 11.6. The Hall–Kier alpha value is -0.760. The minimum atomic E-state index is 0.793. The van der Waals surface area contributed by atoms with Gasteiger partial charge in [-0.05, 0) is 63.0 Å². The Morgan fingerprint density at radius 2 is 1.50 bits per heavy atom. The number of nitrogens with zero attached hydrogens (tertiary/aromatic N) is 1. The summed E-state index contributed by atoms with van der Waals surface area (Å²) in [5.74, 6) is 2.43. The van der Waals surface area contributed by atoms with Gasteiger partial charge in [0, 0.05) is 30.6 Å². The maximum absolute atomic E-state index is 5.45. The van der Waals surface area contributed by atoms with Crippen LogP contribution < -0.4 is 0 Å². The van der Waals surface area contributed by atoms with Crippen LogP contribution in [0.15, 0.2) is 23.9 Å². The number of hydrogen-bond acceptors (Lipinski definition) is 2. The maximum Gasteiger partial charge on any atom is 0.0642 e. The molecule has 1 aliphatic heterocycles. The van der Waals surface area contributed by atoms with Gasteiger partial charge in [0.05, 0.1) is 13.2 Å². The van der Waals surface area contributed by atoms with Crippen LogP contribution in [-0.4, -0.2) is 31.2 Å². The molecule has 0 aromatic heterocycles. The van der Waals surface area contributed by atoms with Gasteiger partial charge in [0.2, 0.25) is 0 Å². The summed E-state index contributed by atoms with van der Waals surface area (Å²) in [6, 6.07) is 0. The zero-order valence-electron chi connectivity index (χ0n) is 11.6. The molecule has 102 valence electrons. The van der Waals surface area contributed by atoms with Gasteiger partial charge in [0.15, 0.2) is 0 Å². The van der Waals surface area contributed by atoms with Gasteiger partial charge in [-0.3, -0.25) is 0 Å². The van der Waals surface area contributed by atoms with E-state index in [1.54, 1.807) is 0 Å². The molecule has 1 saturated heterocycles.